The Labute approximate surface area is 102 Å². The first-order valence-corrected chi connectivity index (χ1v) is 5.79. The molecule has 1 aliphatic heterocycles. The molecule has 0 aliphatic carbocycles. The van der Waals surface area contributed by atoms with Crippen molar-refractivity contribution in [3.05, 3.63) is 0 Å². The molecule has 0 N–H and O–H groups in total. The Morgan fingerprint density at radius 2 is 1.76 bits per heavy atom. The van der Waals surface area contributed by atoms with Crippen molar-refractivity contribution in [2.24, 2.45) is 11.8 Å². The summed E-state index contributed by atoms with van der Waals surface area (Å²) >= 11 is 0. The van der Waals surface area contributed by atoms with Crippen LogP contribution >= 0.6 is 0 Å². The number of amides is 1. The summed E-state index contributed by atoms with van der Waals surface area (Å²) < 4.78 is 10.5. The van der Waals surface area contributed by atoms with Gasteiger partial charge < -0.3 is 14.4 Å². The Bertz CT molecular complexity index is 299. The van der Waals surface area contributed by atoms with Crippen LogP contribution in [0.25, 0.3) is 0 Å². The maximum Gasteiger partial charge on any atom is 0.240 e. The highest BCUT2D eigenvalue weighted by Gasteiger charge is 2.38. The number of carbonyl (C=O) groups excluding carboxylic acids is 1. The lowest BCUT2D eigenvalue weighted by atomic mass is 9.96. The lowest BCUT2D eigenvalue weighted by molar-refractivity contribution is -0.134. The summed E-state index contributed by atoms with van der Waals surface area (Å²) in [5.74, 6) is -0.678. The van der Waals surface area contributed by atoms with Crippen LogP contribution in [0.2, 0.25) is 0 Å². The van der Waals surface area contributed by atoms with E-state index >= 15 is 0 Å². The fraction of sp³-hybridized carbons (Fsp3) is 0.833. The van der Waals surface area contributed by atoms with E-state index in [1.54, 1.807) is 19.1 Å². The Kier molecular flexibility index (Phi) is 4.91. The van der Waals surface area contributed by atoms with Gasteiger partial charge in [-0.2, -0.15) is 5.26 Å². The molecule has 0 radical (unpaired) electrons. The van der Waals surface area contributed by atoms with Crippen LogP contribution in [0.4, 0.5) is 0 Å². The quantitative estimate of drug-likeness (QED) is 0.724. The molecular weight excluding hydrogens is 220 g/mol. The molecule has 1 fully saturated rings. The molecule has 3 atom stereocenters. The smallest absolute Gasteiger partial charge is 0.240 e. The standard InChI is InChI=1S/C12H20N2O3/c1-8(2)9(5-13)12(15)14-6-10(16-3)11(7-14)17-4/h8-11H,6-7H2,1-4H3. The van der Waals surface area contributed by atoms with E-state index in [4.69, 9.17) is 14.7 Å². The van der Waals surface area contributed by atoms with Gasteiger partial charge in [0.2, 0.25) is 5.91 Å². The summed E-state index contributed by atoms with van der Waals surface area (Å²) in [6, 6.07) is 2.07. The molecule has 0 saturated carbocycles. The summed E-state index contributed by atoms with van der Waals surface area (Å²) in [4.78, 5) is 13.8. The molecule has 1 saturated heterocycles. The highest BCUT2D eigenvalue weighted by molar-refractivity contribution is 5.81. The molecule has 17 heavy (non-hydrogen) atoms. The van der Waals surface area contributed by atoms with Gasteiger partial charge in [-0.05, 0) is 5.92 Å². The van der Waals surface area contributed by atoms with Gasteiger partial charge in [-0.3, -0.25) is 4.79 Å². The average molecular weight is 240 g/mol. The number of likely N-dealkylation sites (tertiary alicyclic amines) is 1. The van der Waals surface area contributed by atoms with Crippen molar-refractivity contribution in [1.29, 1.82) is 5.26 Å². The predicted octanol–water partition coefficient (Wildman–Crippen LogP) is 0.654. The van der Waals surface area contributed by atoms with Gasteiger partial charge in [0.1, 0.15) is 18.1 Å². The molecule has 5 heteroatoms. The summed E-state index contributed by atoms with van der Waals surface area (Å²) in [7, 11) is 3.21. The number of rotatable bonds is 4. The molecule has 0 bridgehead atoms. The zero-order valence-electron chi connectivity index (χ0n) is 10.8. The third-order valence-electron chi connectivity index (χ3n) is 3.20. The Morgan fingerprint density at radius 1 is 1.29 bits per heavy atom. The van der Waals surface area contributed by atoms with Gasteiger partial charge in [-0.25, -0.2) is 0 Å². The van der Waals surface area contributed by atoms with Crippen molar-refractivity contribution in [2.45, 2.75) is 26.1 Å². The number of carbonyl (C=O) groups is 1. The van der Waals surface area contributed by atoms with Gasteiger partial charge in [0.15, 0.2) is 0 Å². The van der Waals surface area contributed by atoms with E-state index in [0.29, 0.717) is 13.1 Å². The Balaban J connectivity index is 2.70. The topological polar surface area (TPSA) is 62.6 Å². The fourth-order valence-electron chi connectivity index (χ4n) is 2.06. The molecule has 0 aromatic rings. The van der Waals surface area contributed by atoms with Crippen LogP contribution in [0.15, 0.2) is 0 Å². The lowest BCUT2D eigenvalue weighted by Crippen LogP contribution is -2.37. The average Bonchev–Trinajstić information content (AvgIpc) is 2.72. The van der Waals surface area contributed by atoms with E-state index in [2.05, 4.69) is 6.07 Å². The molecule has 96 valence electrons. The second-order valence-corrected chi connectivity index (χ2v) is 4.64. The second-order valence-electron chi connectivity index (χ2n) is 4.64. The number of hydrogen-bond donors (Lipinski definition) is 0. The minimum Gasteiger partial charge on any atom is -0.377 e. The molecule has 0 aromatic carbocycles. The number of nitrogens with zero attached hydrogens (tertiary/aromatic N) is 2. The van der Waals surface area contributed by atoms with Gasteiger partial charge in [0.05, 0.1) is 6.07 Å². The van der Waals surface area contributed by atoms with Crippen LogP contribution in [0, 0.1) is 23.2 Å². The molecule has 1 aliphatic rings. The normalized spacial score (nSPS) is 26.0. The van der Waals surface area contributed by atoms with Gasteiger partial charge in [-0.15, -0.1) is 0 Å². The minimum atomic E-state index is -0.580. The second kappa shape index (κ2) is 5.99. The van der Waals surface area contributed by atoms with Crippen LogP contribution in [0.3, 0.4) is 0 Å². The number of nitriles is 1. The monoisotopic (exact) mass is 240 g/mol. The van der Waals surface area contributed by atoms with Crippen LogP contribution in [0.1, 0.15) is 13.8 Å². The Hall–Kier alpha value is -1.12. The number of ether oxygens (including phenoxy) is 2. The zero-order chi connectivity index (χ0) is 13.0. The molecule has 1 amide bonds. The molecule has 1 rings (SSSR count). The first-order valence-electron chi connectivity index (χ1n) is 5.79. The summed E-state index contributed by atoms with van der Waals surface area (Å²) in [6.07, 6.45) is -0.203. The van der Waals surface area contributed by atoms with Crippen LogP contribution < -0.4 is 0 Å². The molecular formula is C12H20N2O3. The van der Waals surface area contributed by atoms with E-state index in [1.165, 1.54) is 0 Å². The molecule has 0 spiro atoms. The maximum atomic E-state index is 12.1. The third kappa shape index (κ3) is 2.96. The number of methoxy groups -OCH3 is 2. The first-order chi connectivity index (χ1) is 8.04. The zero-order valence-corrected chi connectivity index (χ0v) is 10.8. The van der Waals surface area contributed by atoms with Crippen molar-refractivity contribution in [2.75, 3.05) is 27.3 Å². The van der Waals surface area contributed by atoms with E-state index in [1.807, 2.05) is 13.8 Å². The van der Waals surface area contributed by atoms with E-state index in [-0.39, 0.29) is 24.0 Å². The highest BCUT2D eigenvalue weighted by Crippen LogP contribution is 2.20. The van der Waals surface area contributed by atoms with Gasteiger partial charge in [-0.1, -0.05) is 13.8 Å². The number of hydrogen-bond acceptors (Lipinski definition) is 4. The maximum absolute atomic E-state index is 12.1. The van der Waals surface area contributed by atoms with Gasteiger partial charge >= 0.3 is 0 Å². The molecule has 5 nitrogen and oxygen atoms in total. The van der Waals surface area contributed by atoms with Crippen LogP contribution in [0.5, 0.6) is 0 Å². The lowest BCUT2D eigenvalue weighted by Gasteiger charge is -2.21. The SMILES string of the molecule is COC1CN(C(=O)C(C#N)C(C)C)CC1OC. The minimum absolute atomic E-state index is 0.0232. The molecule has 3 unspecified atom stereocenters. The highest BCUT2D eigenvalue weighted by atomic mass is 16.5. The summed E-state index contributed by atoms with van der Waals surface area (Å²) in [5.41, 5.74) is 0. The summed E-state index contributed by atoms with van der Waals surface area (Å²) in [6.45, 7) is 4.75. The van der Waals surface area contributed by atoms with Crippen LogP contribution in [-0.4, -0.2) is 50.3 Å². The van der Waals surface area contributed by atoms with Crippen molar-refractivity contribution in [1.82, 2.24) is 4.90 Å². The molecule has 1 heterocycles. The van der Waals surface area contributed by atoms with Crippen molar-refractivity contribution >= 4 is 5.91 Å². The van der Waals surface area contributed by atoms with Crippen LogP contribution in [-0.2, 0) is 14.3 Å². The van der Waals surface area contributed by atoms with Gasteiger partial charge in [0, 0.05) is 27.3 Å². The predicted molar refractivity (Wildman–Crippen MR) is 62.1 cm³/mol. The van der Waals surface area contributed by atoms with E-state index < -0.39 is 5.92 Å². The fourth-order valence-corrected chi connectivity index (χ4v) is 2.06. The van der Waals surface area contributed by atoms with Crippen molar-refractivity contribution in [3.8, 4) is 6.07 Å². The van der Waals surface area contributed by atoms with Crippen molar-refractivity contribution < 1.29 is 14.3 Å². The van der Waals surface area contributed by atoms with Crippen molar-refractivity contribution in [3.63, 3.8) is 0 Å². The third-order valence-corrected chi connectivity index (χ3v) is 3.20. The molecule has 0 aromatic heterocycles. The largest absolute Gasteiger partial charge is 0.377 e. The van der Waals surface area contributed by atoms with E-state index in [9.17, 15) is 4.79 Å². The first kappa shape index (κ1) is 13.9. The van der Waals surface area contributed by atoms with E-state index in [0.717, 1.165) is 0 Å². The summed E-state index contributed by atoms with van der Waals surface area (Å²) in [5, 5.41) is 9.01. The Morgan fingerprint density at radius 3 is 2.06 bits per heavy atom. The van der Waals surface area contributed by atoms with Gasteiger partial charge in [0.25, 0.3) is 0 Å².